The van der Waals surface area contributed by atoms with Gasteiger partial charge in [0.05, 0.1) is 5.69 Å². The van der Waals surface area contributed by atoms with Crippen LogP contribution in [0.5, 0.6) is 0 Å². The van der Waals surface area contributed by atoms with Gasteiger partial charge in [0.2, 0.25) is 5.91 Å². The zero-order chi connectivity index (χ0) is 17.8. The molecular formula is C21H28N4O. The molecule has 0 N–H and O–H groups in total. The van der Waals surface area contributed by atoms with E-state index in [0.717, 1.165) is 45.6 Å². The van der Waals surface area contributed by atoms with Crippen molar-refractivity contribution in [1.29, 1.82) is 0 Å². The van der Waals surface area contributed by atoms with Crippen molar-refractivity contribution >= 4 is 5.91 Å². The number of amides is 1. The first-order valence-electron chi connectivity index (χ1n) is 9.87. The van der Waals surface area contributed by atoms with Crippen molar-refractivity contribution in [2.75, 3.05) is 26.2 Å². The van der Waals surface area contributed by atoms with Gasteiger partial charge in [-0.25, -0.2) is 0 Å². The Morgan fingerprint density at radius 1 is 0.962 bits per heavy atom. The zero-order valence-corrected chi connectivity index (χ0v) is 15.4. The third-order valence-electron chi connectivity index (χ3n) is 5.56. The standard InChI is InChI=1S/C21H28N4O/c26-21(17-25-16-19-9-5-2-6-10-20(19)22-25)24-13-11-23(12-14-24)15-18-7-3-1-4-8-18/h1,3-4,7-8,16H,2,5-6,9-15,17H2. The van der Waals surface area contributed by atoms with Crippen LogP contribution in [0, 0.1) is 0 Å². The van der Waals surface area contributed by atoms with Gasteiger partial charge in [-0.05, 0) is 36.8 Å². The van der Waals surface area contributed by atoms with Crippen LogP contribution in [0.3, 0.4) is 0 Å². The summed E-state index contributed by atoms with van der Waals surface area (Å²) in [5, 5.41) is 4.68. The summed E-state index contributed by atoms with van der Waals surface area (Å²) >= 11 is 0. The van der Waals surface area contributed by atoms with Crippen LogP contribution in [0.25, 0.3) is 0 Å². The number of carbonyl (C=O) groups excluding carboxylic acids is 1. The molecule has 0 bridgehead atoms. The Morgan fingerprint density at radius 2 is 1.73 bits per heavy atom. The van der Waals surface area contributed by atoms with E-state index in [1.165, 1.54) is 36.1 Å². The van der Waals surface area contributed by atoms with Gasteiger partial charge in [0.1, 0.15) is 6.54 Å². The zero-order valence-electron chi connectivity index (χ0n) is 15.4. The molecule has 2 aromatic rings. The third-order valence-corrected chi connectivity index (χ3v) is 5.56. The Balaban J connectivity index is 1.28. The number of fused-ring (bicyclic) bond motifs is 1. The highest BCUT2D eigenvalue weighted by atomic mass is 16.2. The summed E-state index contributed by atoms with van der Waals surface area (Å²) in [4.78, 5) is 17.1. The summed E-state index contributed by atoms with van der Waals surface area (Å²) in [5.74, 6) is 0.196. The van der Waals surface area contributed by atoms with Crippen LogP contribution in [-0.2, 0) is 30.7 Å². The van der Waals surface area contributed by atoms with Crippen molar-refractivity contribution in [3.8, 4) is 0 Å². The van der Waals surface area contributed by atoms with Gasteiger partial charge in [-0.3, -0.25) is 14.4 Å². The maximum Gasteiger partial charge on any atom is 0.244 e. The van der Waals surface area contributed by atoms with Crippen LogP contribution >= 0.6 is 0 Å². The van der Waals surface area contributed by atoms with Gasteiger partial charge < -0.3 is 4.90 Å². The molecule has 0 saturated carbocycles. The van der Waals surface area contributed by atoms with Crippen molar-refractivity contribution in [2.24, 2.45) is 0 Å². The van der Waals surface area contributed by atoms with E-state index in [2.05, 4.69) is 46.5 Å². The molecule has 1 fully saturated rings. The second kappa shape index (κ2) is 8.04. The predicted molar refractivity (Wildman–Crippen MR) is 102 cm³/mol. The van der Waals surface area contributed by atoms with Gasteiger partial charge >= 0.3 is 0 Å². The fraction of sp³-hybridized carbons (Fsp3) is 0.524. The molecule has 1 aromatic carbocycles. The van der Waals surface area contributed by atoms with Gasteiger partial charge in [0, 0.05) is 38.9 Å². The summed E-state index contributed by atoms with van der Waals surface area (Å²) in [6, 6.07) is 10.6. The highest BCUT2D eigenvalue weighted by Crippen LogP contribution is 2.19. The Kier molecular flexibility index (Phi) is 5.34. The minimum Gasteiger partial charge on any atom is -0.339 e. The number of carbonyl (C=O) groups is 1. The number of aromatic nitrogens is 2. The lowest BCUT2D eigenvalue weighted by Gasteiger charge is -2.34. The smallest absolute Gasteiger partial charge is 0.244 e. The lowest BCUT2D eigenvalue weighted by atomic mass is 10.1. The molecule has 2 aliphatic rings. The molecule has 0 radical (unpaired) electrons. The number of benzene rings is 1. The summed E-state index contributed by atoms with van der Waals surface area (Å²) < 4.78 is 1.87. The summed E-state index contributed by atoms with van der Waals surface area (Å²) in [6.07, 6.45) is 8.04. The molecular weight excluding hydrogens is 324 g/mol. The Morgan fingerprint density at radius 3 is 2.54 bits per heavy atom. The Bertz CT molecular complexity index is 708. The van der Waals surface area contributed by atoms with Gasteiger partial charge in [0.25, 0.3) is 0 Å². The molecule has 1 aliphatic heterocycles. The third kappa shape index (κ3) is 4.15. The topological polar surface area (TPSA) is 41.4 Å². The highest BCUT2D eigenvalue weighted by molar-refractivity contribution is 5.76. The van der Waals surface area contributed by atoms with Crippen LogP contribution in [0.15, 0.2) is 36.5 Å². The van der Waals surface area contributed by atoms with Crippen molar-refractivity contribution in [3.05, 3.63) is 53.3 Å². The van der Waals surface area contributed by atoms with Crippen LogP contribution in [0.2, 0.25) is 0 Å². The second-order valence-corrected chi connectivity index (χ2v) is 7.50. The maximum atomic E-state index is 12.7. The lowest BCUT2D eigenvalue weighted by molar-refractivity contribution is -0.133. The van der Waals surface area contributed by atoms with E-state index in [1.807, 2.05) is 9.58 Å². The molecule has 2 heterocycles. The van der Waals surface area contributed by atoms with Crippen molar-refractivity contribution in [1.82, 2.24) is 19.6 Å². The van der Waals surface area contributed by atoms with E-state index in [4.69, 9.17) is 0 Å². The number of rotatable bonds is 4. The minimum atomic E-state index is 0.196. The molecule has 1 amide bonds. The number of aryl methyl sites for hydroxylation is 2. The number of hydrogen-bond donors (Lipinski definition) is 0. The summed E-state index contributed by atoms with van der Waals surface area (Å²) in [6.45, 7) is 4.85. The van der Waals surface area contributed by atoms with Gasteiger partial charge in [-0.15, -0.1) is 0 Å². The molecule has 0 unspecified atom stereocenters. The molecule has 1 aromatic heterocycles. The Hall–Kier alpha value is -2.14. The van der Waals surface area contributed by atoms with Crippen molar-refractivity contribution < 1.29 is 4.79 Å². The largest absolute Gasteiger partial charge is 0.339 e. The lowest BCUT2D eigenvalue weighted by Crippen LogP contribution is -2.49. The highest BCUT2D eigenvalue weighted by Gasteiger charge is 2.22. The summed E-state index contributed by atoms with van der Waals surface area (Å²) in [5.41, 5.74) is 3.90. The number of nitrogens with zero attached hydrogens (tertiary/aromatic N) is 4. The van der Waals surface area contributed by atoms with E-state index in [0.29, 0.717) is 6.54 Å². The van der Waals surface area contributed by atoms with Crippen LogP contribution in [-0.4, -0.2) is 51.7 Å². The van der Waals surface area contributed by atoms with E-state index < -0.39 is 0 Å². The molecule has 5 heteroatoms. The molecule has 0 atom stereocenters. The van der Waals surface area contributed by atoms with Crippen LogP contribution < -0.4 is 0 Å². The first-order valence-corrected chi connectivity index (χ1v) is 9.87. The average Bonchev–Trinajstić information content (AvgIpc) is 2.91. The quantitative estimate of drug-likeness (QED) is 0.794. The molecule has 4 rings (SSSR count). The molecule has 26 heavy (non-hydrogen) atoms. The van der Waals surface area contributed by atoms with Gasteiger partial charge in [0.15, 0.2) is 0 Å². The maximum absolute atomic E-state index is 12.7. The SMILES string of the molecule is O=C(Cn1cc2c(n1)CCCCC2)N1CCN(Cc2ccccc2)CC1. The molecule has 0 spiro atoms. The first kappa shape index (κ1) is 17.3. The van der Waals surface area contributed by atoms with E-state index in [-0.39, 0.29) is 5.91 Å². The summed E-state index contributed by atoms with van der Waals surface area (Å²) in [7, 11) is 0. The normalized spacial score (nSPS) is 18.4. The monoisotopic (exact) mass is 352 g/mol. The molecule has 1 saturated heterocycles. The van der Waals surface area contributed by atoms with Crippen LogP contribution in [0.1, 0.15) is 36.1 Å². The van der Waals surface area contributed by atoms with Crippen molar-refractivity contribution in [3.63, 3.8) is 0 Å². The fourth-order valence-corrected chi connectivity index (χ4v) is 4.02. The number of piperazine rings is 1. The van der Waals surface area contributed by atoms with Gasteiger partial charge in [-0.2, -0.15) is 5.10 Å². The fourth-order valence-electron chi connectivity index (χ4n) is 4.02. The average molecular weight is 352 g/mol. The van der Waals surface area contributed by atoms with Crippen molar-refractivity contribution in [2.45, 2.75) is 45.2 Å². The van der Waals surface area contributed by atoms with E-state index >= 15 is 0 Å². The first-order chi connectivity index (χ1) is 12.8. The molecule has 138 valence electrons. The minimum absolute atomic E-state index is 0.196. The van der Waals surface area contributed by atoms with Gasteiger partial charge in [-0.1, -0.05) is 36.8 Å². The number of hydrogen-bond acceptors (Lipinski definition) is 3. The Labute approximate surface area is 155 Å². The second-order valence-electron chi connectivity index (χ2n) is 7.50. The molecule has 5 nitrogen and oxygen atoms in total. The predicted octanol–water partition coefficient (Wildman–Crippen LogP) is 2.50. The molecule has 1 aliphatic carbocycles. The van der Waals surface area contributed by atoms with E-state index in [9.17, 15) is 4.79 Å². The van der Waals surface area contributed by atoms with Crippen LogP contribution in [0.4, 0.5) is 0 Å². The van der Waals surface area contributed by atoms with E-state index in [1.54, 1.807) is 0 Å².